The third-order valence-corrected chi connectivity index (χ3v) is 4.04. The summed E-state index contributed by atoms with van der Waals surface area (Å²) < 4.78 is 0. The van der Waals surface area contributed by atoms with Gasteiger partial charge in [0.05, 0.1) is 11.4 Å². The van der Waals surface area contributed by atoms with Crippen molar-refractivity contribution in [3.63, 3.8) is 0 Å². The van der Waals surface area contributed by atoms with Gasteiger partial charge in [-0.1, -0.05) is 27.7 Å². The average molecular weight is 193 g/mol. The lowest BCUT2D eigenvalue weighted by molar-refractivity contribution is 0.267. The summed E-state index contributed by atoms with van der Waals surface area (Å²) in [5, 5.41) is 8.95. The first kappa shape index (κ1) is 9.69. The van der Waals surface area contributed by atoms with E-state index in [4.69, 9.17) is 0 Å². The number of hydrogen-bond acceptors (Lipinski definition) is 2. The van der Waals surface area contributed by atoms with Gasteiger partial charge in [-0.3, -0.25) is 0 Å². The summed E-state index contributed by atoms with van der Waals surface area (Å²) in [4.78, 5) is 1.71. The fraction of sp³-hybridized carbons (Fsp3) is 0.818. The number of fused-ring (bicyclic) bond motifs is 1. The maximum atomic E-state index is 4.47. The lowest BCUT2D eigenvalue weighted by atomic mass is 9.70. The molecule has 0 N–H and O–H groups in total. The van der Waals surface area contributed by atoms with Crippen molar-refractivity contribution in [2.75, 3.05) is 0 Å². The van der Waals surface area contributed by atoms with Crippen molar-refractivity contribution in [1.29, 1.82) is 0 Å². The van der Waals surface area contributed by atoms with E-state index < -0.39 is 0 Å². The van der Waals surface area contributed by atoms with Crippen LogP contribution in [0.15, 0.2) is 0 Å². The second-order valence-electron chi connectivity index (χ2n) is 4.76. The molecule has 1 aromatic heterocycles. The Morgan fingerprint density at radius 3 is 1.57 bits per heavy atom. The molecule has 1 heterocycles. The second kappa shape index (κ2) is 3.07. The minimum atomic E-state index is 0.546. The Hall–Kier alpha value is -0.860. The van der Waals surface area contributed by atoms with Crippen LogP contribution >= 0.6 is 0 Å². The van der Waals surface area contributed by atoms with E-state index in [0.717, 1.165) is 0 Å². The number of nitrogens with zero attached hydrogens (tertiary/aromatic N) is 3. The number of hydrogen-bond donors (Lipinski definition) is 0. The Balaban J connectivity index is 2.50. The highest BCUT2D eigenvalue weighted by Gasteiger charge is 2.36. The summed E-state index contributed by atoms with van der Waals surface area (Å²) in [5.74, 6) is 2.50. The molecule has 0 aliphatic heterocycles. The molecule has 2 rings (SSSR count). The van der Waals surface area contributed by atoms with E-state index in [0.29, 0.717) is 23.7 Å². The van der Waals surface area contributed by atoms with Crippen molar-refractivity contribution in [3.8, 4) is 0 Å². The lowest BCUT2D eigenvalue weighted by Crippen LogP contribution is -2.27. The lowest BCUT2D eigenvalue weighted by Gasteiger charge is -2.34. The first-order chi connectivity index (χ1) is 6.52. The molecule has 0 saturated heterocycles. The van der Waals surface area contributed by atoms with Gasteiger partial charge in [0.25, 0.3) is 0 Å². The summed E-state index contributed by atoms with van der Waals surface area (Å²) in [6.07, 6.45) is 0. The Morgan fingerprint density at radius 2 is 1.21 bits per heavy atom. The van der Waals surface area contributed by atoms with E-state index in [2.05, 4.69) is 37.9 Å². The molecule has 1 aromatic rings. The van der Waals surface area contributed by atoms with E-state index >= 15 is 0 Å². The van der Waals surface area contributed by atoms with Crippen LogP contribution < -0.4 is 0 Å². The zero-order valence-corrected chi connectivity index (χ0v) is 9.65. The summed E-state index contributed by atoms with van der Waals surface area (Å²) in [7, 11) is 1.91. The van der Waals surface area contributed by atoms with Gasteiger partial charge in [-0.25, -0.2) is 0 Å². The first-order valence-electron chi connectivity index (χ1n) is 5.43. The maximum absolute atomic E-state index is 4.47. The molecule has 1 aliphatic carbocycles. The third kappa shape index (κ3) is 1.18. The van der Waals surface area contributed by atoms with Crippen LogP contribution in [0, 0.1) is 11.8 Å². The van der Waals surface area contributed by atoms with Gasteiger partial charge in [0, 0.05) is 18.9 Å². The number of aryl methyl sites for hydroxylation is 1. The largest absolute Gasteiger partial charge is 0.188 e. The van der Waals surface area contributed by atoms with E-state index in [1.165, 1.54) is 11.4 Å². The molecular formula is C11H19N3. The van der Waals surface area contributed by atoms with Crippen molar-refractivity contribution in [1.82, 2.24) is 15.0 Å². The van der Waals surface area contributed by atoms with Crippen molar-refractivity contribution in [2.24, 2.45) is 18.9 Å². The van der Waals surface area contributed by atoms with Crippen LogP contribution in [0.25, 0.3) is 0 Å². The molecule has 4 unspecified atom stereocenters. The molecule has 4 atom stereocenters. The molecule has 0 bridgehead atoms. The van der Waals surface area contributed by atoms with Gasteiger partial charge in [-0.2, -0.15) is 15.0 Å². The first-order valence-corrected chi connectivity index (χ1v) is 5.43. The zero-order valence-electron chi connectivity index (χ0n) is 9.65. The van der Waals surface area contributed by atoms with E-state index in [9.17, 15) is 0 Å². The van der Waals surface area contributed by atoms with Crippen LogP contribution in [0.5, 0.6) is 0 Å². The topological polar surface area (TPSA) is 30.7 Å². The molecule has 14 heavy (non-hydrogen) atoms. The van der Waals surface area contributed by atoms with Crippen LogP contribution in [0.1, 0.15) is 50.9 Å². The number of aromatic nitrogens is 3. The van der Waals surface area contributed by atoms with Gasteiger partial charge in [0.15, 0.2) is 0 Å². The van der Waals surface area contributed by atoms with Crippen LogP contribution in [-0.2, 0) is 7.05 Å². The smallest absolute Gasteiger partial charge is 0.0892 e. The van der Waals surface area contributed by atoms with E-state index in [1.54, 1.807) is 4.80 Å². The molecule has 0 saturated carbocycles. The highest BCUT2D eigenvalue weighted by Crippen LogP contribution is 2.43. The summed E-state index contributed by atoms with van der Waals surface area (Å²) in [6, 6.07) is 0. The van der Waals surface area contributed by atoms with Crippen LogP contribution in [-0.4, -0.2) is 15.0 Å². The summed E-state index contributed by atoms with van der Waals surface area (Å²) >= 11 is 0. The Bertz CT molecular complexity index is 311. The van der Waals surface area contributed by atoms with Crippen LogP contribution in [0.3, 0.4) is 0 Å². The molecule has 0 radical (unpaired) electrons. The summed E-state index contributed by atoms with van der Waals surface area (Å²) in [5.41, 5.74) is 2.43. The van der Waals surface area contributed by atoms with Gasteiger partial charge in [-0.05, 0) is 11.8 Å². The molecule has 3 nitrogen and oxygen atoms in total. The van der Waals surface area contributed by atoms with Gasteiger partial charge >= 0.3 is 0 Å². The fourth-order valence-electron chi connectivity index (χ4n) is 2.49. The molecule has 3 heteroatoms. The minimum Gasteiger partial charge on any atom is -0.188 e. The predicted octanol–water partition coefficient (Wildman–Crippen LogP) is 2.31. The second-order valence-corrected chi connectivity index (χ2v) is 4.76. The summed E-state index contributed by atoms with van der Waals surface area (Å²) in [6.45, 7) is 9.17. The third-order valence-electron chi connectivity index (χ3n) is 4.04. The molecule has 0 fully saturated rings. The predicted molar refractivity (Wildman–Crippen MR) is 56.2 cm³/mol. The van der Waals surface area contributed by atoms with Crippen molar-refractivity contribution in [3.05, 3.63) is 11.4 Å². The molecule has 0 amide bonds. The Kier molecular flexibility index (Phi) is 2.13. The van der Waals surface area contributed by atoms with Crippen LogP contribution in [0.2, 0.25) is 0 Å². The van der Waals surface area contributed by atoms with Gasteiger partial charge in [0.1, 0.15) is 0 Å². The molecule has 0 spiro atoms. The Labute approximate surface area is 85.5 Å². The molecular weight excluding hydrogens is 174 g/mol. The van der Waals surface area contributed by atoms with E-state index in [-0.39, 0.29) is 0 Å². The number of rotatable bonds is 0. The maximum Gasteiger partial charge on any atom is 0.0892 e. The molecule has 1 aliphatic rings. The quantitative estimate of drug-likeness (QED) is 0.633. The van der Waals surface area contributed by atoms with Crippen molar-refractivity contribution < 1.29 is 0 Å². The standard InChI is InChI=1S/C11H19N3/c1-6-7(2)9(4)11-10(8(6)3)12-14(5)13-11/h6-9H,1-5H3. The normalized spacial score (nSPS) is 36.9. The molecule has 0 aromatic carbocycles. The highest BCUT2D eigenvalue weighted by molar-refractivity contribution is 5.23. The van der Waals surface area contributed by atoms with Gasteiger partial charge < -0.3 is 0 Å². The molecule has 78 valence electrons. The zero-order chi connectivity index (χ0) is 10.5. The SMILES string of the molecule is CC1c2nn(C)nc2C(C)C(C)C1C. The monoisotopic (exact) mass is 193 g/mol. The van der Waals surface area contributed by atoms with Crippen LogP contribution in [0.4, 0.5) is 0 Å². The minimum absolute atomic E-state index is 0.546. The van der Waals surface area contributed by atoms with Gasteiger partial charge in [-0.15, -0.1) is 0 Å². The van der Waals surface area contributed by atoms with Crippen molar-refractivity contribution in [2.45, 2.75) is 39.5 Å². The Morgan fingerprint density at radius 1 is 0.857 bits per heavy atom. The van der Waals surface area contributed by atoms with Crippen molar-refractivity contribution >= 4 is 0 Å². The van der Waals surface area contributed by atoms with E-state index in [1.807, 2.05) is 7.05 Å². The highest BCUT2D eigenvalue weighted by atomic mass is 15.5. The average Bonchev–Trinajstić information content (AvgIpc) is 2.54. The van der Waals surface area contributed by atoms with Gasteiger partial charge in [0.2, 0.25) is 0 Å². The fourth-order valence-corrected chi connectivity index (χ4v) is 2.49.